The highest BCUT2D eigenvalue weighted by Gasteiger charge is 2.26. The average molecular weight is 441 g/mol. The van der Waals surface area contributed by atoms with Gasteiger partial charge >= 0.3 is 5.97 Å². The van der Waals surface area contributed by atoms with E-state index in [0.29, 0.717) is 21.5 Å². The topological polar surface area (TPSA) is 77.4 Å². The van der Waals surface area contributed by atoms with E-state index in [1.165, 1.54) is 11.7 Å². The van der Waals surface area contributed by atoms with Crippen molar-refractivity contribution in [2.75, 3.05) is 12.4 Å². The molecule has 0 radical (unpaired) electrons. The first kappa shape index (κ1) is 22.6. The summed E-state index contributed by atoms with van der Waals surface area (Å²) in [5.74, 6) is -1.21. The molecule has 1 N–H and O–H groups in total. The van der Waals surface area contributed by atoms with Gasteiger partial charge in [-0.3, -0.25) is 9.59 Å². The first-order chi connectivity index (χ1) is 14.7. The van der Waals surface area contributed by atoms with Gasteiger partial charge in [-0.2, -0.15) is 0 Å². The second-order valence-corrected chi connectivity index (χ2v) is 8.21. The van der Waals surface area contributed by atoms with Crippen LogP contribution in [0.2, 0.25) is 5.02 Å². The molecule has 7 heteroatoms. The number of hydrogen-bond acceptors (Lipinski definition) is 4. The maximum Gasteiger partial charge on any atom is 0.329 e. The van der Waals surface area contributed by atoms with Gasteiger partial charge < -0.3 is 14.6 Å². The summed E-state index contributed by atoms with van der Waals surface area (Å²) in [5, 5.41) is 4.54. The fourth-order valence-electron chi connectivity index (χ4n) is 3.59. The Balaban J connectivity index is 1.97. The zero-order chi connectivity index (χ0) is 22.7. The first-order valence-corrected chi connectivity index (χ1v) is 10.4. The molecule has 162 valence electrons. The van der Waals surface area contributed by atoms with Crippen LogP contribution < -0.4 is 10.9 Å². The van der Waals surface area contributed by atoms with Crippen LogP contribution in [0.5, 0.6) is 0 Å². The molecular weight excluding hydrogens is 416 g/mol. The number of pyridine rings is 1. The van der Waals surface area contributed by atoms with E-state index in [0.717, 1.165) is 5.56 Å². The number of nitrogens with one attached hydrogen (secondary N) is 1. The van der Waals surface area contributed by atoms with Gasteiger partial charge in [0.25, 0.3) is 5.56 Å². The van der Waals surface area contributed by atoms with Gasteiger partial charge in [0.1, 0.15) is 6.04 Å². The number of anilines is 1. The molecule has 2 unspecified atom stereocenters. The Morgan fingerprint density at radius 2 is 1.68 bits per heavy atom. The van der Waals surface area contributed by atoms with Crippen molar-refractivity contribution in [1.82, 2.24) is 4.57 Å². The highest BCUT2D eigenvalue weighted by molar-refractivity contribution is 6.30. The number of benzene rings is 2. The van der Waals surface area contributed by atoms with Gasteiger partial charge in [0.15, 0.2) is 0 Å². The smallest absolute Gasteiger partial charge is 0.329 e. The third-order valence-electron chi connectivity index (χ3n) is 5.37. The Labute approximate surface area is 185 Å². The summed E-state index contributed by atoms with van der Waals surface area (Å²) in [7, 11) is 1.30. The quantitative estimate of drug-likeness (QED) is 0.560. The average Bonchev–Trinajstić information content (AvgIpc) is 2.75. The molecule has 1 aromatic heterocycles. The van der Waals surface area contributed by atoms with Crippen LogP contribution in [0.25, 0.3) is 10.8 Å². The van der Waals surface area contributed by atoms with Crippen LogP contribution in [0.15, 0.2) is 59.5 Å². The van der Waals surface area contributed by atoms with Gasteiger partial charge in [-0.15, -0.1) is 0 Å². The van der Waals surface area contributed by atoms with E-state index >= 15 is 0 Å². The van der Waals surface area contributed by atoms with Gasteiger partial charge in [0.05, 0.1) is 13.0 Å². The largest absolute Gasteiger partial charge is 0.467 e. The lowest BCUT2D eigenvalue weighted by Crippen LogP contribution is -2.33. The van der Waals surface area contributed by atoms with E-state index in [1.54, 1.807) is 49.5 Å². The number of esters is 1. The number of amides is 1. The normalized spacial score (nSPS) is 13.1. The number of carbonyl (C=O) groups excluding carboxylic acids is 2. The number of halogens is 1. The minimum atomic E-state index is -0.731. The number of hydrogen-bond donors (Lipinski definition) is 1. The van der Waals surface area contributed by atoms with Gasteiger partial charge in [-0.1, -0.05) is 43.6 Å². The van der Waals surface area contributed by atoms with Crippen molar-refractivity contribution >= 4 is 39.9 Å². The third-order valence-corrected chi connectivity index (χ3v) is 5.62. The summed E-state index contributed by atoms with van der Waals surface area (Å²) in [6.07, 6.45) is 1.57. The molecule has 3 aromatic rings. The fourth-order valence-corrected chi connectivity index (χ4v) is 3.72. The Bertz CT molecular complexity index is 1170. The Morgan fingerprint density at radius 1 is 1.00 bits per heavy atom. The van der Waals surface area contributed by atoms with E-state index in [9.17, 15) is 14.4 Å². The van der Waals surface area contributed by atoms with Crippen LogP contribution in [-0.2, 0) is 14.3 Å². The van der Waals surface area contributed by atoms with Crippen LogP contribution >= 0.6 is 11.6 Å². The zero-order valence-electron chi connectivity index (χ0n) is 17.9. The van der Waals surface area contributed by atoms with Crippen molar-refractivity contribution in [2.45, 2.75) is 32.7 Å². The number of fused-ring (bicyclic) bond motifs is 1. The molecule has 1 heterocycles. The Kier molecular flexibility index (Phi) is 6.81. The summed E-state index contributed by atoms with van der Waals surface area (Å²) in [4.78, 5) is 38.2. The summed E-state index contributed by atoms with van der Waals surface area (Å²) >= 11 is 5.93. The number of ether oxygens (including phenoxy) is 1. The molecule has 0 spiro atoms. The molecule has 0 saturated heterocycles. The number of rotatable bonds is 6. The van der Waals surface area contributed by atoms with Crippen LogP contribution in [0, 0.1) is 5.92 Å². The molecule has 2 aromatic carbocycles. The second-order valence-electron chi connectivity index (χ2n) is 7.77. The summed E-state index contributed by atoms with van der Waals surface area (Å²) in [6.45, 7) is 5.51. The van der Waals surface area contributed by atoms with Gasteiger partial charge in [0.2, 0.25) is 5.91 Å². The molecule has 6 nitrogen and oxygen atoms in total. The summed E-state index contributed by atoms with van der Waals surface area (Å²) in [5.41, 5.74) is 1.05. The van der Waals surface area contributed by atoms with Crippen LogP contribution in [-0.4, -0.2) is 23.6 Å². The van der Waals surface area contributed by atoms with E-state index in [1.807, 2.05) is 26.0 Å². The standard InChI is InChI=1S/C24H25ClN2O4/c1-14(2)21(24(30)31-4)27-13-12-18-19(23(27)29)6-5-7-20(18)26-22(28)15(3)16-8-10-17(25)11-9-16/h5-15,21H,1-4H3,(H,26,28). The van der Waals surface area contributed by atoms with Gasteiger partial charge in [0, 0.05) is 27.7 Å². The summed E-state index contributed by atoms with van der Waals surface area (Å²) < 4.78 is 6.27. The number of nitrogens with zero attached hydrogens (tertiary/aromatic N) is 1. The fraction of sp³-hybridized carbons (Fsp3) is 0.292. The molecule has 0 aliphatic rings. The van der Waals surface area contributed by atoms with Crippen molar-refractivity contribution in [3.05, 3.63) is 75.7 Å². The molecule has 0 aliphatic carbocycles. The molecule has 0 aliphatic heterocycles. The van der Waals surface area contributed by atoms with Gasteiger partial charge in [-0.25, -0.2) is 4.79 Å². The molecule has 1 amide bonds. The van der Waals surface area contributed by atoms with Crippen molar-refractivity contribution in [3.8, 4) is 0 Å². The van der Waals surface area contributed by atoms with Crippen molar-refractivity contribution in [2.24, 2.45) is 5.92 Å². The second kappa shape index (κ2) is 9.35. The number of aromatic nitrogens is 1. The van der Waals surface area contributed by atoms with E-state index < -0.39 is 17.9 Å². The van der Waals surface area contributed by atoms with E-state index in [4.69, 9.17) is 16.3 Å². The van der Waals surface area contributed by atoms with Crippen LogP contribution in [0.3, 0.4) is 0 Å². The predicted molar refractivity (Wildman–Crippen MR) is 123 cm³/mol. The van der Waals surface area contributed by atoms with Gasteiger partial charge in [-0.05, 0) is 48.7 Å². The first-order valence-electron chi connectivity index (χ1n) is 10.0. The monoisotopic (exact) mass is 440 g/mol. The van der Waals surface area contributed by atoms with Crippen molar-refractivity contribution < 1.29 is 14.3 Å². The minimum Gasteiger partial charge on any atom is -0.467 e. The molecular formula is C24H25ClN2O4. The highest BCUT2D eigenvalue weighted by atomic mass is 35.5. The summed E-state index contributed by atoms with van der Waals surface area (Å²) in [6, 6.07) is 13.3. The molecule has 3 rings (SSSR count). The molecule has 2 atom stereocenters. The lowest BCUT2D eigenvalue weighted by atomic mass is 10.00. The number of methoxy groups -OCH3 is 1. The van der Waals surface area contributed by atoms with Crippen LogP contribution in [0.1, 0.15) is 38.3 Å². The predicted octanol–water partition coefficient (Wildman–Crippen LogP) is 4.77. The SMILES string of the molecule is COC(=O)C(C(C)C)n1ccc2c(NC(=O)C(C)c3ccc(Cl)cc3)cccc2c1=O. The van der Waals surface area contributed by atoms with E-state index in [-0.39, 0.29) is 17.4 Å². The molecule has 0 saturated carbocycles. The van der Waals surface area contributed by atoms with E-state index in [2.05, 4.69) is 5.32 Å². The van der Waals surface area contributed by atoms with Crippen molar-refractivity contribution in [3.63, 3.8) is 0 Å². The number of carbonyl (C=O) groups is 2. The molecule has 31 heavy (non-hydrogen) atoms. The third kappa shape index (κ3) is 4.64. The Hall–Kier alpha value is -3.12. The molecule has 0 bridgehead atoms. The minimum absolute atomic E-state index is 0.134. The Morgan fingerprint density at radius 3 is 2.29 bits per heavy atom. The zero-order valence-corrected chi connectivity index (χ0v) is 18.6. The van der Waals surface area contributed by atoms with Crippen molar-refractivity contribution in [1.29, 1.82) is 0 Å². The van der Waals surface area contributed by atoms with Crippen LogP contribution in [0.4, 0.5) is 5.69 Å². The maximum absolute atomic E-state index is 13.1. The lowest BCUT2D eigenvalue weighted by Gasteiger charge is -2.22. The lowest BCUT2D eigenvalue weighted by molar-refractivity contribution is -0.146. The maximum atomic E-state index is 13.1. The highest BCUT2D eigenvalue weighted by Crippen LogP contribution is 2.26. The molecule has 0 fully saturated rings.